The number of carbonyl (C=O) groups excluding carboxylic acids is 4. The first-order valence-electron chi connectivity index (χ1n) is 24.9. The molecular formula is C49H95N3O6. The van der Waals surface area contributed by atoms with E-state index in [1.165, 1.54) is 103 Å². The molecule has 0 spiro atoms. The van der Waals surface area contributed by atoms with Gasteiger partial charge >= 0.3 is 11.9 Å². The third kappa shape index (κ3) is 35.8. The van der Waals surface area contributed by atoms with Gasteiger partial charge in [-0.2, -0.15) is 0 Å². The molecule has 0 fully saturated rings. The average Bonchev–Trinajstić information content (AvgIpc) is 3.22. The Bertz CT molecular complexity index is 963. The fourth-order valence-electron chi connectivity index (χ4n) is 7.56. The van der Waals surface area contributed by atoms with Gasteiger partial charge in [0.25, 0.3) is 0 Å². The van der Waals surface area contributed by atoms with Gasteiger partial charge in [0.05, 0.1) is 31.1 Å². The van der Waals surface area contributed by atoms with Gasteiger partial charge in [-0.1, -0.05) is 169 Å². The molecule has 0 aliphatic rings. The molecular weight excluding hydrogens is 727 g/mol. The van der Waals surface area contributed by atoms with E-state index >= 15 is 0 Å². The SMILES string of the molecule is CCCCCCCCC(CCCCCC)C(=O)OCCCCCCNC(=O)CCC(N)C(=O)NCCCCCCOC(=O)C(CCCCCC)CCCCCCCC. The summed E-state index contributed by atoms with van der Waals surface area (Å²) in [6.07, 6.45) is 35.8. The van der Waals surface area contributed by atoms with E-state index in [-0.39, 0.29) is 42.0 Å². The Balaban J connectivity index is 4.02. The van der Waals surface area contributed by atoms with Crippen molar-refractivity contribution in [3.8, 4) is 0 Å². The summed E-state index contributed by atoms with van der Waals surface area (Å²) in [5.74, 6) is -0.245. The van der Waals surface area contributed by atoms with Crippen molar-refractivity contribution in [1.82, 2.24) is 10.6 Å². The Kier molecular flexibility index (Phi) is 41.3. The second kappa shape index (κ2) is 42.9. The summed E-state index contributed by atoms with van der Waals surface area (Å²) in [5.41, 5.74) is 6.07. The first-order chi connectivity index (χ1) is 28.3. The van der Waals surface area contributed by atoms with Gasteiger partial charge < -0.3 is 25.8 Å². The fourth-order valence-corrected chi connectivity index (χ4v) is 7.56. The minimum atomic E-state index is -0.708. The number of esters is 2. The van der Waals surface area contributed by atoms with Crippen LogP contribution in [0, 0.1) is 11.8 Å². The van der Waals surface area contributed by atoms with Crippen LogP contribution in [0.4, 0.5) is 0 Å². The molecule has 9 heteroatoms. The molecule has 3 atom stereocenters. The Labute approximate surface area is 358 Å². The normalized spacial score (nSPS) is 12.8. The molecule has 0 bridgehead atoms. The van der Waals surface area contributed by atoms with E-state index in [4.69, 9.17) is 15.2 Å². The highest BCUT2D eigenvalue weighted by molar-refractivity contribution is 5.82. The number of hydrogen-bond acceptors (Lipinski definition) is 7. The molecule has 0 saturated heterocycles. The molecule has 0 aliphatic heterocycles. The van der Waals surface area contributed by atoms with Crippen molar-refractivity contribution in [2.75, 3.05) is 26.3 Å². The Morgan fingerprint density at radius 3 is 1.16 bits per heavy atom. The van der Waals surface area contributed by atoms with Crippen LogP contribution in [0.1, 0.15) is 246 Å². The molecule has 0 heterocycles. The lowest BCUT2D eigenvalue weighted by atomic mass is 9.94. The van der Waals surface area contributed by atoms with E-state index < -0.39 is 6.04 Å². The highest BCUT2D eigenvalue weighted by atomic mass is 16.5. The number of carbonyl (C=O) groups is 4. The van der Waals surface area contributed by atoms with Crippen LogP contribution in [0.15, 0.2) is 0 Å². The largest absolute Gasteiger partial charge is 0.465 e. The van der Waals surface area contributed by atoms with Crippen LogP contribution in [0.2, 0.25) is 0 Å². The van der Waals surface area contributed by atoms with Crippen molar-refractivity contribution in [3.63, 3.8) is 0 Å². The van der Waals surface area contributed by atoms with Crippen LogP contribution in [0.3, 0.4) is 0 Å². The fraction of sp³-hybridized carbons (Fsp3) is 0.918. The van der Waals surface area contributed by atoms with Crippen LogP contribution in [-0.2, 0) is 28.7 Å². The number of amides is 2. The molecule has 2 amide bonds. The Morgan fingerprint density at radius 1 is 0.414 bits per heavy atom. The maximum absolute atomic E-state index is 12.8. The van der Waals surface area contributed by atoms with E-state index in [9.17, 15) is 19.2 Å². The number of rotatable bonds is 44. The summed E-state index contributed by atoms with van der Waals surface area (Å²) >= 11 is 0. The second-order valence-corrected chi connectivity index (χ2v) is 17.2. The predicted octanol–water partition coefficient (Wildman–Crippen LogP) is 12.2. The van der Waals surface area contributed by atoms with E-state index in [0.29, 0.717) is 32.7 Å². The first-order valence-corrected chi connectivity index (χ1v) is 24.9. The lowest BCUT2D eigenvalue weighted by molar-refractivity contribution is -0.150. The molecule has 3 unspecified atom stereocenters. The lowest BCUT2D eigenvalue weighted by Gasteiger charge is -2.16. The van der Waals surface area contributed by atoms with Gasteiger partial charge in [-0.15, -0.1) is 0 Å². The van der Waals surface area contributed by atoms with E-state index in [2.05, 4.69) is 38.3 Å². The van der Waals surface area contributed by atoms with Crippen molar-refractivity contribution in [1.29, 1.82) is 0 Å². The Morgan fingerprint density at radius 2 is 0.741 bits per heavy atom. The molecule has 0 rings (SSSR count). The van der Waals surface area contributed by atoms with Gasteiger partial charge in [-0.25, -0.2) is 0 Å². The van der Waals surface area contributed by atoms with Crippen LogP contribution < -0.4 is 16.4 Å². The first kappa shape index (κ1) is 55.8. The van der Waals surface area contributed by atoms with Gasteiger partial charge in [0.1, 0.15) is 0 Å². The van der Waals surface area contributed by atoms with E-state index in [0.717, 1.165) is 103 Å². The highest BCUT2D eigenvalue weighted by Crippen LogP contribution is 2.22. The smallest absolute Gasteiger partial charge is 0.308 e. The number of ether oxygens (including phenoxy) is 2. The molecule has 0 aromatic rings. The summed E-state index contributed by atoms with van der Waals surface area (Å²) in [4.78, 5) is 50.5. The summed E-state index contributed by atoms with van der Waals surface area (Å²) in [5, 5.41) is 5.84. The van der Waals surface area contributed by atoms with Gasteiger partial charge in [0.2, 0.25) is 11.8 Å². The average molecular weight is 822 g/mol. The van der Waals surface area contributed by atoms with Gasteiger partial charge in [0.15, 0.2) is 0 Å². The summed E-state index contributed by atoms with van der Waals surface area (Å²) < 4.78 is 11.4. The summed E-state index contributed by atoms with van der Waals surface area (Å²) in [6, 6.07) is -0.708. The molecule has 0 radical (unpaired) electrons. The predicted molar refractivity (Wildman–Crippen MR) is 243 cm³/mol. The summed E-state index contributed by atoms with van der Waals surface area (Å²) in [6.45, 7) is 11.0. The maximum Gasteiger partial charge on any atom is 0.308 e. The highest BCUT2D eigenvalue weighted by Gasteiger charge is 2.21. The minimum Gasteiger partial charge on any atom is -0.465 e. The van der Waals surface area contributed by atoms with Crippen molar-refractivity contribution >= 4 is 23.8 Å². The topological polar surface area (TPSA) is 137 Å². The Hall–Kier alpha value is -2.16. The lowest BCUT2D eigenvalue weighted by Crippen LogP contribution is -2.41. The standard InChI is InChI=1S/C49H95N3O6/c1-5-9-13-17-19-27-35-43(33-25-15-11-7-3)48(55)57-41-31-23-21-29-39-51-46(53)38-37-45(50)47(54)52-40-30-22-24-32-42-58-49(56)44(34-26-16-12-8-4)36-28-20-18-14-10-6-2/h43-45H,5-42,50H2,1-4H3,(H,51,53)(H,52,54). The molecule has 0 saturated carbocycles. The molecule has 4 N–H and O–H groups in total. The van der Waals surface area contributed by atoms with E-state index in [1.807, 2.05) is 0 Å². The molecule has 342 valence electrons. The van der Waals surface area contributed by atoms with E-state index in [1.54, 1.807) is 0 Å². The minimum absolute atomic E-state index is 0.00872. The summed E-state index contributed by atoms with van der Waals surface area (Å²) in [7, 11) is 0. The van der Waals surface area contributed by atoms with Crippen LogP contribution in [0.25, 0.3) is 0 Å². The van der Waals surface area contributed by atoms with Crippen molar-refractivity contribution < 1.29 is 28.7 Å². The van der Waals surface area contributed by atoms with Crippen LogP contribution in [0.5, 0.6) is 0 Å². The number of hydrogen-bond donors (Lipinski definition) is 3. The second-order valence-electron chi connectivity index (χ2n) is 17.2. The third-order valence-electron chi connectivity index (χ3n) is 11.6. The number of unbranched alkanes of at least 4 members (excludes halogenated alkanes) is 22. The third-order valence-corrected chi connectivity index (χ3v) is 11.6. The van der Waals surface area contributed by atoms with Crippen LogP contribution in [-0.4, -0.2) is 56.1 Å². The monoisotopic (exact) mass is 822 g/mol. The zero-order valence-electron chi connectivity index (χ0n) is 38.6. The molecule has 9 nitrogen and oxygen atoms in total. The van der Waals surface area contributed by atoms with Crippen molar-refractivity contribution in [3.05, 3.63) is 0 Å². The van der Waals surface area contributed by atoms with Gasteiger partial charge in [-0.05, 0) is 70.6 Å². The zero-order chi connectivity index (χ0) is 42.7. The molecule has 0 aliphatic carbocycles. The molecule has 58 heavy (non-hydrogen) atoms. The van der Waals surface area contributed by atoms with Crippen LogP contribution >= 0.6 is 0 Å². The molecule has 0 aromatic carbocycles. The van der Waals surface area contributed by atoms with Gasteiger partial charge in [0, 0.05) is 19.5 Å². The number of nitrogens with one attached hydrogen (secondary N) is 2. The maximum atomic E-state index is 12.8. The quantitative estimate of drug-likeness (QED) is 0.0411. The van der Waals surface area contributed by atoms with Crippen molar-refractivity contribution in [2.45, 2.75) is 252 Å². The van der Waals surface area contributed by atoms with Gasteiger partial charge in [-0.3, -0.25) is 19.2 Å². The molecule has 0 aromatic heterocycles. The number of nitrogens with two attached hydrogens (primary N) is 1. The van der Waals surface area contributed by atoms with Crippen molar-refractivity contribution in [2.24, 2.45) is 17.6 Å². The zero-order valence-corrected chi connectivity index (χ0v) is 38.6.